The summed E-state index contributed by atoms with van der Waals surface area (Å²) in [6.45, 7) is 1.00. The number of ether oxygens (including phenoxy) is 1. The van der Waals surface area contributed by atoms with Crippen LogP contribution in [0, 0.1) is 15.5 Å². The van der Waals surface area contributed by atoms with Gasteiger partial charge >= 0.3 is 11.9 Å². The first-order valence-corrected chi connectivity index (χ1v) is 10.8. The fraction of sp³-hybridized carbons (Fsp3) is 0.545. The topological polar surface area (TPSA) is 107 Å². The maximum absolute atomic E-state index is 13.5. The Balaban J connectivity index is 1.79. The number of aromatic nitrogens is 2. The Morgan fingerprint density at radius 2 is 1.97 bits per heavy atom. The lowest BCUT2D eigenvalue weighted by Crippen LogP contribution is -2.44. The van der Waals surface area contributed by atoms with Crippen molar-refractivity contribution in [1.82, 2.24) is 9.97 Å². The van der Waals surface area contributed by atoms with E-state index in [4.69, 9.17) is 10.5 Å². The molecule has 2 fully saturated rings. The van der Waals surface area contributed by atoms with Gasteiger partial charge in [0.1, 0.15) is 11.4 Å². The van der Waals surface area contributed by atoms with Gasteiger partial charge in [-0.3, -0.25) is 10.1 Å². The normalized spacial score (nSPS) is 17.5. The number of nitro groups is 1. The van der Waals surface area contributed by atoms with Gasteiger partial charge < -0.3 is 15.4 Å². The molecule has 2 aliphatic carbocycles. The third-order valence-electron chi connectivity index (χ3n) is 6.46. The summed E-state index contributed by atoms with van der Waals surface area (Å²) in [5, 5.41) is 11.8. The summed E-state index contributed by atoms with van der Waals surface area (Å²) < 4.78 is 45.8. The second-order valence-electron chi connectivity index (χ2n) is 9.10. The highest BCUT2D eigenvalue weighted by Gasteiger charge is 2.40. The molecule has 178 valence electrons. The Labute approximate surface area is 189 Å². The van der Waals surface area contributed by atoms with Crippen LogP contribution >= 0.6 is 0 Å². The number of methoxy groups -OCH3 is 1. The minimum Gasteiger partial charge on any atom is -0.384 e. The molecule has 2 N–H and O–H groups in total. The van der Waals surface area contributed by atoms with Gasteiger partial charge in [-0.05, 0) is 43.9 Å². The van der Waals surface area contributed by atoms with Gasteiger partial charge in [0.2, 0.25) is 5.82 Å². The zero-order chi connectivity index (χ0) is 24.0. The zero-order valence-corrected chi connectivity index (χ0v) is 18.5. The van der Waals surface area contributed by atoms with Gasteiger partial charge in [0, 0.05) is 43.3 Å². The lowest BCUT2D eigenvalue weighted by atomic mass is 9.69. The van der Waals surface area contributed by atoms with E-state index >= 15 is 0 Å². The Hall–Kier alpha value is -2.95. The van der Waals surface area contributed by atoms with Crippen LogP contribution in [0.4, 0.5) is 30.4 Å². The molecule has 2 heterocycles. The van der Waals surface area contributed by atoms with Gasteiger partial charge in [0.25, 0.3) is 0 Å². The first kappa shape index (κ1) is 23.2. The smallest absolute Gasteiger partial charge is 0.384 e. The molecule has 0 spiro atoms. The van der Waals surface area contributed by atoms with Crippen LogP contribution in [0.5, 0.6) is 0 Å². The molecular weight excluding hydrogens is 439 g/mol. The summed E-state index contributed by atoms with van der Waals surface area (Å²) in [7, 11) is 3.33. The van der Waals surface area contributed by atoms with Crippen molar-refractivity contribution in [2.45, 2.75) is 44.2 Å². The monoisotopic (exact) mass is 465 g/mol. The molecule has 0 radical (unpaired) electrons. The Kier molecular flexibility index (Phi) is 5.94. The maximum Gasteiger partial charge on any atom is 0.433 e. The number of anilines is 2. The molecule has 0 amide bonds. The van der Waals surface area contributed by atoms with Crippen molar-refractivity contribution in [3.63, 3.8) is 0 Å². The number of hydrogen-bond donors (Lipinski definition) is 1. The van der Waals surface area contributed by atoms with E-state index < -0.39 is 16.8 Å². The van der Waals surface area contributed by atoms with Crippen molar-refractivity contribution in [3.05, 3.63) is 39.7 Å². The first-order valence-electron chi connectivity index (χ1n) is 10.8. The van der Waals surface area contributed by atoms with E-state index in [1.54, 1.807) is 25.1 Å². The lowest BCUT2D eigenvalue weighted by Gasteiger charge is -2.44. The molecular formula is C22H26F3N5O3. The Morgan fingerprint density at radius 1 is 1.27 bits per heavy atom. The van der Waals surface area contributed by atoms with E-state index in [0.29, 0.717) is 18.8 Å². The minimum atomic E-state index is -4.62. The van der Waals surface area contributed by atoms with Crippen LogP contribution in [0.15, 0.2) is 18.2 Å². The minimum absolute atomic E-state index is 0.0175. The number of nitrogens with zero attached hydrogens (tertiary/aromatic N) is 4. The van der Waals surface area contributed by atoms with Crippen molar-refractivity contribution in [1.29, 1.82) is 0 Å². The van der Waals surface area contributed by atoms with E-state index in [-0.39, 0.29) is 39.8 Å². The molecule has 2 saturated carbocycles. The first-order chi connectivity index (χ1) is 15.5. The largest absolute Gasteiger partial charge is 0.433 e. The number of pyridine rings is 2. The molecule has 8 nitrogen and oxygen atoms in total. The number of halogens is 3. The molecule has 0 saturated heterocycles. The summed E-state index contributed by atoms with van der Waals surface area (Å²) in [4.78, 5) is 20.8. The molecule has 0 unspecified atom stereocenters. The van der Waals surface area contributed by atoms with Crippen molar-refractivity contribution in [3.8, 4) is 11.3 Å². The number of hydrogen-bond acceptors (Lipinski definition) is 7. The molecule has 11 heteroatoms. The quantitative estimate of drug-likeness (QED) is 0.441. The summed E-state index contributed by atoms with van der Waals surface area (Å²) in [6.07, 6.45) is -0.169. The molecule has 0 aliphatic heterocycles. The van der Waals surface area contributed by atoms with E-state index in [2.05, 4.69) is 9.97 Å². The number of nitrogens with two attached hydrogens (primary N) is 1. The highest BCUT2D eigenvalue weighted by atomic mass is 19.4. The molecule has 0 atom stereocenters. The predicted molar refractivity (Wildman–Crippen MR) is 117 cm³/mol. The van der Waals surface area contributed by atoms with Gasteiger partial charge in [-0.2, -0.15) is 13.2 Å². The van der Waals surface area contributed by atoms with Crippen LogP contribution in [0.1, 0.15) is 49.4 Å². The molecule has 2 aromatic rings. The number of alkyl halides is 3. The van der Waals surface area contributed by atoms with Crippen LogP contribution in [0.25, 0.3) is 11.3 Å². The highest BCUT2D eigenvalue weighted by Crippen LogP contribution is 2.45. The summed E-state index contributed by atoms with van der Waals surface area (Å²) in [6, 6.07) is 3.93. The van der Waals surface area contributed by atoms with Crippen LogP contribution < -0.4 is 10.6 Å². The summed E-state index contributed by atoms with van der Waals surface area (Å²) >= 11 is 0. The Morgan fingerprint density at radius 3 is 2.48 bits per heavy atom. The van der Waals surface area contributed by atoms with Crippen LogP contribution in [-0.2, 0) is 10.9 Å². The van der Waals surface area contributed by atoms with E-state index in [9.17, 15) is 23.3 Å². The molecule has 0 aromatic carbocycles. The van der Waals surface area contributed by atoms with E-state index in [0.717, 1.165) is 38.2 Å². The standard InChI is InChI=1S/C22H26F3N5O3/c1-29(11-21(12-33-2)6-3-7-21)17-10-16(28-20(26)19(17)30(31)32)14-8-15(13-4-5-13)27-18(9-14)22(23,24)25/h8-10,13H,3-7,11-12H2,1-2H3,(H2,26,28). The summed E-state index contributed by atoms with van der Waals surface area (Å²) in [5.74, 6) is -0.358. The van der Waals surface area contributed by atoms with Crippen molar-refractivity contribution >= 4 is 17.2 Å². The predicted octanol–water partition coefficient (Wildman–Crippen LogP) is 4.78. The SMILES string of the molecule is COCC1(CN(C)c2cc(-c3cc(C4CC4)nc(C(F)(F)F)c3)nc(N)c2[N+](=O)[O-])CCC1. The second-order valence-corrected chi connectivity index (χ2v) is 9.10. The van der Waals surface area contributed by atoms with Gasteiger partial charge in [-0.15, -0.1) is 0 Å². The highest BCUT2D eigenvalue weighted by molar-refractivity contribution is 5.79. The third kappa shape index (κ3) is 4.73. The number of rotatable bonds is 8. The van der Waals surface area contributed by atoms with Crippen molar-refractivity contribution < 1.29 is 22.8 Å². The van der Waals surface area contributed by atoms with Gasteiger partial charge in [0.05, 0.1) is 17.2 Å². The summed E-state index contributed by atoms with van der Waals surface area (Å²) in [5.41, 5.74) is 5.35. The molecule has 0 bridgehead atoms. The van der Waals surface area contributed by atoms with Crippen LogP contribution in [-0.4, -0.2) is 42.2 Å². The Bertz CT molecular complexity index is 1070. The van der Waals surface area contributed by atoms with Crippen molar-refractivity contribution in [2.24, 2.45) is 5.41 Å². The zero-order valence-electron chi connectivity index (χ0n) is 18.5. The van der Waals surface area contributed by atoms with E-state index in [1.807, 2.05) is 0 Å². The van der Waals surface area contributed by atoms with Crippen LogP contribution in [0.3, 0.4) is 0 Å². The molecule has 4 rings (SSSR count). The number of nitrogen functional groups attached to an aromatic ring is 1. The maximum atomic E-state index is 13.5. The average Bonchev–Trinajstić information content (AvgIpc) is 3.55. The third-order valence-corrected chi connectivity index (χ3v) is 6.46. The van der Waals surface area contributed by atoms with Gasteiger partial charge in [-0.25, -0.2) is 9.97 Å². The second kappa shape index (κ2) is 8.44. The van der Waals surface area contributed by atoms with Crippen LogP contribution in [0.2, 0.25) is 0 Å². The molecule has 2 aliphatic rings. The van der Waals surface area contributed by atoms with Gasteiger partial charge in [0.15, 0.2) is 0 Å². The fourth-order valence-electron chi connectivity index (χ4n) is 4.52. The fourth-order valence-corrected chi connectivity index (χ4v) is 4.52. The molecule has 2 aromatic heterocycles. The average molecular weight is 465 g/mol. The molecule has 33 heavy (non-hydrogen) atoms. The lowest BCUT2D eigenvalue weighted by molar-refractivity contribution is -0.383. The van der Waals surface area contributed by atoms with Crippen molar-refractivity contribution in [2.75, 3.05) is 37.9 Å². The van der Waals surface area contributed by atoms with E-state index in [1.165, 1.54) is 6.07 Å². The van der Waals surface area contributed by atoms with Gasteiger partial charge in [-0.1, -0.05) is 6.42 Å².